The summed E-state index contributed by atoms with van der Waals surface area (Å²) in [6.45, 7) is 4.29. The molecule has 0 aromatic heterocycles. The van der Waals surface area contributed by atoms with Crippen molar-refractivity contribution in [1.82, 2.24) is 5.32 Å². The van der Waals surface area contributed by atoms with E-state index in [0.29, 0.717) is 13.2 Å². The average molecular weight is 327 g/mol. The number of hydrogen-bond donors (Lipinski definition) is 2. The van der Waals surface area contributed by atoms with Crippen LogP contribution in [0.25, 0.3) is 10.8 Å². The minimum atomic E-state index is -0.385. The van der Waals surface area contributed by atoms with E-state index in [1.54, 1.807) is 6.92 Å². The summed E-state index contributed by atoms with van der Waals surface area (Å²) in [5.74, 6) is -0.374. The first kappa shape index (κ1) is 16.5. The summed E-state index contributed by atoms with van der Waals surface area (Å²) in [7, 11) is 0. The van der Waals surface area contributed by atoms with Gasteiger partial charge in [-0.2, -0.15) is 0 Å². The van der Waals surface area contributed by atoms with Crippen LogP contribution in [0.2, 0.25) is 0 Å². The van der Waals surface area contributed by atoms with Crippen molar-refractivity contribution in [3.63, 3.8) is 0 Å². The van der Waals surface area contributed by atoms with Crippen molar-refractivity contribution in [3.8, 4) is 0 Å². The average Bonchev–Trinajstić information content (AvgIpc) is 2.58. The first-order valence-electron chi connectivity index (χ1n) is 8.43. The Bertz CT molecular complexity index is 744. The Morgan fingerprint density at radius 2 is 2.04 bits per heavy atom. The van der Waals surface area contributed by atoms with Crippen molar-refractivity contribution >= 4 is 22.6 Å². The van der Waals surface area contributed by atoms with Crippen LogP contribution in [0, 0.1) is 0 Å². The maximum atomic E-state index is 12.2. The second-order valence-corrected chi connectivity index (χ2v) is 6.12. The molecule has 24 heavy (non-hydrogen) atoms. The van der Waals surface area contributed by atoms with Gasteiger partial charge in [-0.1, -0.05) is 36.4 Å². The Labute approximate surface area is 141 Å². The molecule has 1 heterocycles. The van der Waals surface area contributed by atoms with E-state index in [1.807, 2.05) is 12.1 Å². The van der Waals surface area contributed by atoms with E-state index in [1.165, 1.54) is 16.3 Å². The van der Waals surface area contributed by atoms with Gasteiger partial charge in [0.1, 0.15) is 13.0 Å². The van der Waals surface area contributed by atoms with Gasteiger partial charge >= 0.3 is 5.97 Å². The molecule has 1 amide bonds. The number of ether oxygens (including phenoxy) is 1. The molecule has 5 heteroatoms. The Kier molecular flexibility index (Phi) is 5.11. The highest BCUT2D eigenvalue weighted by molar-refractivity contribution is 5.86. The fourth-order valence-corrected chi connectivity index (χ4v) is 3.28. The molecular formula is C19H23N2O3+. The zero-order valence-corrected chi connectivity index (χ0v) is 13.9. The Morgan fingerprint density at radius 1 is 1.25 bits per heavy atom. The number of carbonyl (C=O) groups excluding carboxylic acids is 2. The normalized spacial score (nSPS) is 20.6. The number of amides is 1. The molecule has 2 atom stereocenters. The largest absolute Gasteiger partial charge is 0.466 e. The lowest BCUT2D eigenvalue weighted by atomic mass is 10.0. The monoisotopic (exact) mass is 327 g/mol. The zero-order chi connectivity index (χ0) is 16.9. The number of esters is 1. The Hall–Kier alpha value is -2.40. The standard InChI is InChI=1S/C19H22N2O3/c1-2-24-18(22)12-17-19(23)20-9-10-21(17)13-14-7-8-15-5-3-4-6-16(15)11-14/h3-8,11,17H,2,9-10,12-13H2,1H3,(H,20,23)/p+1/t17-/m1/s1. The molecule has 1 fully saturated rings. The number of quaternary nitrogens is 1. The lowest BCUT2D eigenvalue weighted by Gasteiger charge is -2.31. The van der Waals surface area contributed by atoms with Crippen LogP contribution in [0.4, 0.5) is 0 Å². The number of hydrogen-bond acceptors (Lipinski definition) is 3. The van der Waals surface area contributed by atoms with Gasteiger partial charge in [0.15, 0.2) is 6.04 Å². The summed E-state index contributed by atoms with van der Waals surface area (Å²) in [5.41, 5.74) is 1.17. The van der Waals surface area contributed by atoms with Crippen LogP contribution in [0.1, 0.15) is 18.9 Å². The molecule has 1 unspecified atom stereocenters. The highest BCUT2D eigenvalue weighted by Gasteiger charge is 2.35. The van der Waals surface area contributed by atoms with Gasteiger partial charge in [0.05, 0.1) is 19.7 Å². The minimum absolute atomic E-state index is 0.0647. The molecule has 126 valence electrons. The fourth-order valence-electron chi connectivity index (χ4n) is 3.28. The topological polar surface area (TPSA) is 59.8 Å². The van der Waals surface area contributed by atoms with Gasteiger partial charge in [0.25, 0.3) is 5.91 Å². The SMILES string of the molecule is CCOC(=O)C[C@@H]1C(=O)NCC[NH+]1Cc1ccc2ccccc2c1. The maximum absolute atomic E-state index is 12.2. The van der Waals surface area contributed by atoms with Crippen molar-refractivity contribution < 1.29 is 19.2 Å². The van der Waals surface area contributed by atoms with E-state index in [0.717, 1.165) is 18.0 Å². The number of benzene rings is 2. The summed E-state index contributed by atoms with van der Waals surface area (Å²) < 4.78 is 5.02. The van der Waals surface area contributed by atoms with Crippen LogP contribution in [0.3, 0.4) is 0 Å². The van der Waals surface area contributed by atoms with Crippen LogP contribution >= 0.6 is 0 Å². The third kappa shape index (κ3) is 3.74. The molecule has 0 radical (unpaired) electrons. The molecule has 0 bridgehead atoms. The lowest BCUT2D eigenvalue weighted by Crippen LogP contribution is -3.18. The maximum Gasteiger partial charge on any atom is 0.312 e. The van der Waals surface area contributed by atoms with Crippen molar-refractivity contribution in [2.45, 2.75) is 25.9 Å². The summed E-state index contributed by atoms with van der Waals surface area (Å²) in [4.78, 5) is 25.1. The fraction of sp³-hybridized carbons (Fsp3) is 0.368. The van der Waals surface area contributed by atoms with Crippen molar-refractivity contribution in [2.75, 3.05) is 19.7 Å². The van der Waals surface area contributed by atoms with Crippen LogP contribution in [-0.2, 0) is 20.9 Å². The van der Waals surface area contributed by atoms with Crippen LogP contribution in [0.15, 0.2) is 42.5 Å². The molecule has 2 aromatic carbocycles. The lowest BCUT2D eigenvalue weighted by molar-refractivity contribution is -0.930. The van der Waals surface area contributed by atoms with Crippen molar-refractivity contribution in [1.29, 1.82) is 0 Å². The van der Waals surface area contributed by atoms with Gasteiger partial charge in [-0.15, -0.1) is 0 Å². The minimum Gasteiger partial charge on any atom is -0.466 e. The molecule has 0 aliphatic carbocycles. The Balaban J connectivity index is 1.76. The summed E-state index contributed by atoms with van der Waals surface area (Å²) >= 11 is 0. The van der Waals surface area contributed by atoms with E-state index in [2.05, 4.69) is 35.6 Å². The van der Waals surface area contributed by atoms with Crippen LogP contribution in [0.5, 0.6) is 0 Å². The molecule has 0 spiro atoms. The third-order valence-corrected chi connectivity index (χ3v) is 4.48. The number of fused-ring (bicyclic) bond motifs is 1. The molecular weight excluding hydrogens is 304 g/mol. The van der Waals surface area contributed by atoms with Crippen molar-refractivity contribution in [3.05, 3.63) is 48.0 Å². The number of rotatable bonds is 5. The van der Waals surface area contributed by atoms with Gasteiger partial charge in [-0.25, -0.2) is 0 Å². The molecule has 1 aliphatic rings. The predicted octanol–water partition coefficient (Wildman–Crippen LogP) is 0.676. The van der Waals surface area contributed by atoms with Crippen LogP contribution in [-0.4, -0.2) is 37.6 Å². The summed E-state index contributed by atoms with van der Waals surface area (Å²) in [6, 6.07) is 14.2. The molecule has 2 N–H and O–H groups in total. The number of nitrogens with one attached hydrogen (secondary N) is 2. The molecule has 2 aromatic rings. The number of piperazine rings is 1. The third-order valence-electron chi connectivity index (χ3n) is 4.48. The predicted molar refractivity (Wildman–Crippen MR) is 91.5 cm³/mol. The molecule has 3 rings (SSSR count). The van der Waals surface area contributed by atoms with E-state index < -0.39 is 0 Å². The second kappa shape index (κ2) is 7.45. The van der Waals surface area contributed by atoms with Gasteiger partial charge in [0.2, 0.25) is 0 Å². The first-order valence-corrected chi connectivity index (χ1v) is 8.43. The smallest absolute Gasteiger partial charge is 0.312 e. The quantitative estimate of drug-likeness (QED) is 0.794. The zero-order valence-electron chi connectivity index (χ0n) is 13.9. The Morgan fingerprint density at radius 3 is 2.83 bits per heavy atom. The van der Waals surface area contributed by atoms with E-state index in [9.17, 15) is 9.59 Å². The highest BCUT2D eigenvalue weighted by Crippen LogP contribution is 2.15. The molecule has 0 saturated carbocycles. The van der Waals surface area contributed by atoms with E-state index in [-0.39, 0.29) is 24.3 Å². The van der Waals surface area contributed by atoms with Crippen LogP contribution < -0.4 is 10.2 Å². The van der Waals surface area contributed by atoms with Gasteiger partial charge in [-0.3, -0.25) is 9.59 Å². The highest BCUT2D eigenvalue weighted by atomic mass is 16.5. The molecule has 1 aliphatic heterocycles. The molecule has 5 nitrogen and oxygen atoms in total. The summed E-state index contributed by atoms with van der Waals surface area (Å²) in [6.07, 6.45) is 0.128. The van der Waals surface area contributed by atoms with Crippen molar-refractivity contribution in [2.24, 2.45) is 0 Å². The van der Waals surface area contributed by atoms with E-state index in [4.69, 9.17) is 4.74 Å². The van der Waals surface area contributed by atoms with Gasteiger partial charge in [-0.05, 0) is 23.8 Å². The van der Waals surface area contributed by atoms with E-state index >= 15 is 0 Å². The summed E-state index contributed by atoms with van der Waals surface area (Å²) in [5, 5.41) is 5.25. The number of carbonyl (C=O) groups is 2. The van der Waals surface area contributed by atoms with Gasteiger partial charge < -0.3 is 15.0 Å². The molecule has 1 saturated heterocycles. The van der Waals surface area contributed by atoms with Gasteiger partial charge in [0, 0.05) is 5.56 Å². The second-order valence-electron chi connectivity index (χ2n) is 6.12. The first-order chi connectivity index (χ1) is 11.7.